The molecule has 2 aromatic carbocycles. The normalized spacial score (nSPS) is 17.7. The van der Waals surface area contributed by atoms with Gasteiger partial charge in [-0.2, -0.15) is 0 Å². The average molecular weight is 311 g/mol. The third-order valence-corrected chi connectivity index (χ3v) is 3.46. The van der Waals surface area contributed by atoms with E-state index in [0.29, 0.717) is 6.04 Å². The number of halogens is 2. The van der Waals surface area contributed by atoms with Crippen LogP contribution < -0.4 is 10.6 Å². The van der Waals surface area contributed by atoms with Gasteiger partial charge in [0.1, 0.15) is 0 Å². The Labute approximate surface area is 132 Å². The standard InChI is InChI=1S/C16H18N2.2ClH/c1-2-6-13(7-3-1)16-15-9-5-4-8-14(15)12-17-10-11-18-16;;/h1-9,16-18H,10-12H2;2*1H. The molecule has 1 aliphatic heterocycles. The van der Waals surface area contributed by atoms with Crippen LogP contribution in [0.5, 0.6) is 0 Å². The van der Waals surface area contributed by atoms with E-state index in [-0.39, 0.29) is 24.8 Å². The first-order valence-corrected chi connectivity index (χ1v) is 6.52. The molecule has 0 spiro atoms. The van der Waals surface area contributed by atoms with Crippen molar-refractivity contribution < 1.29 is 0 Å². The Bertz CT molecular complexity index is 517. The van der Waals surface area contributed by atoms with Crippen LogP contribution >= 0.6 is 24.8 Å². The lowest BCUT2D eigenvalue weighted by atomic mass is 9.93. The van der Waals surface area contributed by atoms with Crippen LogP contribution in [0.3, 0.4) is 0 Å². The van der Waals surface area contributed by atoms with E-state index in [9.17, 15) is 0 Å². The number of nitrogens with one attached hydrogen (secondary N) is 2. The van der Waals surface area contributed by atoms with Gasteiger partial charge in [-0.05, 0) is 16.7 Å². The monoisotopic (exact) mass is 310 g/mol. The van der Waals surface area contributed by atoms with Crippen molar-refractivity contribution >= 4 is 24.8 Å². The summed E-state index contributed by atoms with van der Waals surface area (Å²) in [5.41, 5.74) is 4.11. The summed E-state index contributed by atoms with van der Waals surface area (Å²) in [6.07, 6.45) is 0. The van der Waals surface area contributed by atoms with E-state index in [1.54, 1.807) is 0 Å². The zero-order valence-corrected chi connectivity index (χ0v) is 12.8. The largest absolute Gasteiger partial charge is 0.311 e. The zero-order valence-electron chi connectivity index (χ0n) is 11.2. The Morgan fingerprint density at radius 1 is 0.800 bits per heavy atom. The Hall–Kier alpha value is -1.06. The molecule has 0 bridgehead atoms. The molecule has 0 radical (unpaired) electrons. The zero-order chi connectivity index (χ0) is 12.2. The van der Waals surface area contributed by atoms with Crippen LogP contribution in [0.1, 0.15) is 22.7 Å². The molecule has 2 aromatic rings. The van der Waals surface area contributed by atoms with Gasteiger partial charge in [0.25, 0.3) is 0 Å². The fourth-order valence-electron chi connectivity index (χ4n) is 2.56. The minimum atomic E-state index is 0. The number of hydrogen-bond donors (Lipinski definition) is 2. The third-order valence-electron chi connectivity index (χ3n) is 3.46. The van der Waals surface area contributed by atoms with E-state index in [2.05, 4.69) is 65.2 Å². The maximum Gasteiger partial charge on any atom is 0.0580 e. The van der Waals surface area contributed by atoms with Gasteiger partial charge in [-0.25, -0.2) is 0 Å². The fraction of sp³-hybridized carbons (Fsp3) is 0.250. The molecule has 20 heavy (non-hydrogen) atoms. The van der Waals surface area contributed by atoms with Gasteiger partial charge < -0.3 is 10.6 Å². The first-order chi connectivity index (χ1) is 8.95. The molecule has 0 aromatic heterocycles. The van der Waals surface area contributed by atoms with Gasteiger partial charge in [-0.1, -0.05) is 54.6 Å². The minimum absolute atomic E-state index is 0. The fourth-order valence-corrected chi connectivity index (χ4v) is 2.56. The van der Waals surface area contributed by atoms with Crippen molar-refractivity contribution in [1.82, 2.24) is 10.6 Å². The van der Waals surface area contributed by atoms with Crippen LogP contribution in [0.15, 0.2) is 54.6 Å². The molecular formula is C16H20Cl2N2. The summed E-state index contributed by atoms with van der Waals surface area (Å²) in [6.45, 7) is 2.97. The summed E-state index contributed by atoms with van der Waals surface area (Å²) in [5, 5.41) is 7.08. The molecule has 2 N–H and O–H groups in total. The Morgan fingerprint density at radius 3 is 2.30 bits per heavy atom. The van der Waals surface area contributed by atoms with Crippen molar-refractivity contribution in [2.75, 3.05) is 13.1 Å². The molecule has 1 heterocycles. The van der Waals surface area contributed by atoms with Gasteiger partial charge in [0.15, 0.2) is 0 Å². The molecule has 1 unspecified atom stereocenters. The third kappa shape index (κ3) is 3.74. The van der Waals surface area contributed by atoms with E-state index >= 15 is 0 Å². The summed E-state index contributed by atoms with van der Waals surface area (Å²) in [5.74, 6) is 0. The summed E-state index contributed by atoms with van der Waals surface area (Å²) in [7, 11) is 0. The second kappa shape index (κ2) is 8.28. The highest BCUT2D eigenvalue weighted by atomic mass is 35.5. The summed E-state index contributed by atoms with van der Waals surface area (Å²) < 4.78 is 0. The number of rotatable bonds is 1. The number of benzene rings is 2. The number of hydrogen-bond acceptors (Lipinski definition) is 2. The predicted octanol–water partition coefficient (Wildman–Crippen LogP) is 3.31. The predicted molar refractivity (Wildman–Crippen MR) is 88.9 cm³/mol. The van der Waals surface area contributed by atoms with E-state index in [4.69, 9.17) is 0 Å². The first-order valence-electron chi connectivity index (χ1n) is 6.52. The molecule has 2 nitrogen and oxygen atoms in total. The van der Waals surface area contributed by atoms with Crippen LogP contribution in [-0.4, -0.2) is 13.1 Å². The van der Waals surface area contributed by atoms with Crippen LogP contribution in [0, 0.1) is 0 Å². The van der Waals surface area contributed by atoms with Crippen molar-refractivity contribution in [3.8, 4) is 0 Å². The summed E-state index contributed by atoms with van der Waals surface area (Å²) >= 11 is 0. The van der Waals surface area contributed by atoms with Gasteiger partial charge in [0, 0.05) is 19.6 Å². The first kappa shape index (κ1) is 17.0. The van der Waals surface area contributed by atoms with E-state index < -0.39 is 0 Å². The lowest BCUT2D eigenvalue weighted by Gasteiger charge is -2.25. The molecule has 1 aliphatic rings. The quantitative estimate of drug-likeness (QED) is 0.844. The van der Waals surface area contributed by atoms with Crippen LogP contribution in [0.4, 0.5) is 0 Å². The highest BCUT2D eigenvalue weighted by Crippen LogP contribution is 2.25. The Kier molecular flexibility index (Phi) is 7.03. The Morgan fingerprint density at radius 2 is 1.50 bits per heavy atom. The topological polar surface area (TPSA) is 24.1 Å². The maximum absolute atomic E-state index is 3.63. The van der Waals surface area contributed by atoms with Gasteiger partial charge >= 0.3 is 0 Å². The van der Waals surface area contributed by atoms with Crippen molar-refractivity contribution in [2.24, 2.45) is 0 Å². The van der Waals surface area contributed by atoms with Crippen molar-refractivity contribution in [1.29, 1.82) is 0 Å². The lowest BCUT2D eigenvalue weighted by Crippen LogP contribution is -2.34. The molecule has 108 valence electrons. The highest BCUT2D eigenvalue weighted by molar-refractivity contribution is 5.85. The molecule has 0 amide bonds. The molecule has 0 fully saturated rings. The molecule has 3 rings (SSSR count). The van der Waals surface area contributed by atoms with Crippen molar-refractivity contribution in [2.45, 2.75) is 12.6 Å². The second-order valence-corrected chi connectivity index (χ2v) is 4.67. The van der Waals surface area contributed by atoms with Crippen molar-refractivity contribution in [3.05, 3.63) is 71.3 Å². The molecule has 0 aliphatic carbocycles. The Balaban J connectivity index is 0.000001000. The van der Waals surface area contributed by atoms with Gasteiger partial charge in [-0.3, -0.25) is 0 Å². The molecule has 4 heteroatoms. The maximum atomic E-state index is 3.63. The highest BCUT2D eigenvalue weighted by Gasteiger charge is 2.17. The number of fused-ring (bicyclic) bond motifs is 1. The smallest absolute Gasteiger partial charge is 0.0580 e. The average Bonchev–Trinajstić information content (AvgIpc) is 2.41. The van der Waals surface area contributed by atoms with E-state index in [1.165, 1.54) is 16.7 Å². The lowest BCUT2D eigenvalue weighted by molar-refractivity contribution is 0.538. The second-order valence-electron chi connectivity index (χ2n) is 4.67. The van der Waals surface area contributed by atoms with Gasteiger partial charge in [-0.15, -0.1) is 24.8 Å². The molecule has 0 saturated carbocycles. The van der Waals surface area contributed by atoms with Crippen LogP contribution in [0.25, 0.3) is 0 Å². The molecular weight excluding hydrogens is 291 g/mol. The summed E-state index contributed by atoms with van der Waals surface area (Å²) in [4.78, 5) is 0. The van der Waals surface area contributed by atoms with Gasteiger partial charge in [0.05, 0.1) is 6.04 Å². The van der Waals surface area contributed by atoms with Crippen molar-refractivity contribution in [3.63, 3.8) is 0 Å². The van der Waals surface area contributed by atoms with Crippen LogP contribution in [-0.2, 0) is 6.54 Å². The molecule has 1 atom stereocenters. The summed E-state index contributed by atoms with van der Waals surface area (Å²) in [6, 6.07) is 19.7. The SMILES string of the molecule is Cl.Cl.c1ccc(C2NCCNCc3ccccc32)cc1. The van der Waals surface area contributed by atoms with E-state index in [1.807, 2.05) is 0 Å². The van der Waals surface area contributed by atoms with Crippen LogP contribution in [0.2, 0.25) is 0 Å². The minimum Gasteiger partial charge on any atom is -0.311 e. The van der Waals surface area contributed by atoms with E-state index in [0.717, 1.165) is 19.6 Å². The van der Waals surface area contributed by atoms with Gasteiger partial charge in [0.2, 0.25) is 0 Å². The molecule has 0 saturated heterocycles.